The fraction of sp³-hybridized carbons (Fsp3) is 0.182. The van der Waals surface area contributed by atoms with Crippen molar-refractivity contribution in [3.05, 3.63) is 54.4 Å². The molecule has 0 saturated carbocycles. The summed E-state index contributed by atoms with van der Waals surface area (Å²) in [4.78, 5) is 11.7. The smallest absolute Gasteiger partial charge is 0.115 e. The number of aliphatic hydroxyl groups excluding tert-OH is 1. The molecule has 0 amide bonds. The van der Waals surface area contributed by atoms with Gasteiger partial charge < -0.3 is 5.11 Å². The highest BCUT2D eigenvalue weighted by atomic mass is 16.3. The highest BCUT2D eigenvalue weighted by Gasteiger charge is 2.08. The van der Waals surface area contributed by atoms with Crippen molar-refractivity contribution in [1.82, 2.24) is 15.0 Å². The fourth-order valence-electron chi connectivity index (χ4n) is 1.34. The summed E-state index contributed by atoms with van der Waals surface area (Å²) in [6, 6.07) is 5.47. The SMILES string of the molecule is OC(Cc1ccncc1)c1ccncn1. The first kappa shape index (κ1) is 9.73. The van der Waals surface area contributed by atoms with Crippen LogP contribution in [-0.4, -0.2) is 20.1 Å². The lowest BCUT2D eigenvalue weighted by Crippen LogP contribution is -2.04. The number of hydrogen-bond donors (Lipinski definition) is 1. The second-order valence-electron chi connectivity index (χ2n) is 3.21. The quantitative estimate of drug-likeness (QED) is 0.809. The molecule has 1 N–H and O–H groups in total. The lowest BCUT2D eigenvalue weighted by molar-refractivity contribution is 0.173. The van der Waals surface area contributed by atoms with E-state index in [2.05, 4.69) is 15.0 Å². The molecule has 0 spiro atoms. The van der Waals surface area contributed by atoms with Crippen molar-refractivity contribution in [1.29, 1.82) is 0 Å². The van der Waals surface area contributed by atoms with E-state index in [0.717, 1.165) is 5.56 Å². The van der Waals surface area contributed by atoms with Crippen molar-refractivity contribution in [2.45, 2.75) is 12.5 Å². The fourth-order valence-corrected chi connectivity index (χ4v) is 1.34. The van der Waals surface area contributed by atoms with Crippen molar-refractivity contribution < 1.29 is 5.11 Å². The number of aromatic nitrogens is 3. The topological polar surface area (TPSA) is 58.9 Å². The minimum Gasteiger partial charge on any atom is -0.386 e. The molecule has 76 valence electrons. The Kier molecular flexibility index (Phi) is 2.99. The summed E-state index contributed by atoms with van der Waals surface area (Å²) in [5.41, 5.74) is 1.68. The minimum absolute atomic E-state index is 0.541. The first-order valence-electron chi connectivity index (χ1n) is 4.69. The maximum Gasteiger partial charge on any atom is 0.115 e. The van der Waals surface area contributed by atoms with Crippen LogP contribution in [0.3, 0.4) is 0 Å². The number of rotatable bonds is 3. The predicted molar refractivity (Wildman–Crippen MR) is 54.9 cm³/mol. The van der Waals surface area contributed by atoms with Gasteiger partial charge in [-0.15, -0.1) is 0 Å². The van der Waals surface area contributed by atoms with Crippen molar-refractivity contribution in [2.24, 2.45) is 0 Å². The van der Waals surface area contributed by atoms with Gasteiger partial charge in [-0.25, -0.2) is 9.97 Å². The molecule has 0 radical (unpaired) electrons. The summed E-state index contributed by atoms with van der Waals surface area (Å²) in [5, 5.41) is 9.86. The van der Waals surface area contributed by atoms with Gasteiger partial charge in [0, 0.05) is 25.0 Å². The number of nitrogens with zero attached hydrogens (tertiary/aromatic N) is 3. The molecule has 2 aromatic rings. The van der Waals surface area contributed by atoms with E-state index < -0.39 is 6.10 Å². The maximum atomic E-state index is 9.86. The average molecular weight is 201 g/mol. The molecule has 2 rings (SSSR count). The molecular formula is C11H11N3O. The first-order chi connectivity index (χ1) is 7.36. The van der Waals surface area contributed by atoms with E-state index in [9.17, 15) is 5.11 Å². The maximum absolute atomic E-state index is 9.86. The van der Waals surface area contributed by atoms with Crippen LogP contribution in [-0.2, 0) is 6.42 Å². The number of hydrogen-bond acceptors (Lipinski definition) is 4. The molecule has 15 heavy (non-hydrogen) atoms. The Morgan fingerprint density at radius 1 is 1.07 bits per heavy atom. The molecule has 0 aliphatic heterocycles. The Labute approximate surface area is 87.7 Å². The van der Waals surface area contributed by atoms with Gasteiger partial charge in [0.2, 0.25) is 0 Å². The van der Waals surface area contributed by atoms with Gasteiger partial charge in [-0.05, 0) is 23.8 Å². The summed E-state index contributed by atoms with van der Waals surface area (Å²) in [7, 11) is 0. The van der Waals surface area contributed by atoms with Crippen molar-refractivity contribution >= 4 is 0 Å². The molecule has 0 aliphatic rings. The Bertz CT molecular complexity index is 405. The van der Waals surface area contributed by atoms with E-state index >= 15 is 0 Å². The van der Waals surface area contributed by atoms with Gasteiger partial charge in [0.25, 0.3) is 0 Å². The second-order valence-corrected chi connectivity index (χ2v) is 3.21. The molecule has 2 heterocycles. The number of pyridine rings is 1. The van der Waals surface area contributed by atoms with Crippen LogP contribution in [0.5, 0.6) is 0 Å². The molecule has 0 saturated heterocycles. The second kappa shape index (κ2) is 4.61. The molecule has 2 aromatic heterocycles. The molecule has 0 fully saturated rings. The van der Waals surface area contributed by atoms with Gasteiger partial charge in [0.05, 0.1) is 5.69 Å². The van der Waals surface area contributed by atoms with Gasteiger partial charge in [0.1, 0.15) is 12.4 Å². The van der Waals surface area contributed by atoms with E-state index in [4.69, 9.17) is 0 Å². The Morgan fingerprint density at radius 3 is 2.47 bits per heavy atom. The molecule has 0 aromatic carbocycles. The lowest BCUT2D eigenvalue weighted by atomic mass is 10.1. The third-order valence-electron chi connectivity index (χ3n) is 2.12. The monoisotopic (exact) mass is 201 g/mol. The van der Waals surface area contributed by atoms with Gasteiger partial charge >= 0.3 is 0 Å². The highest BCUT2D eigenvalue weighted by molar-refractivity contribution is 5.14. The van der Waals surface area contributed by atoms with Crippen LogP contribution in [0.2, 0.25) is 0 Å². The average Bonchev–Trinajstić information content (AvgIpc) is 2.31. The van der Waals surface area contributed by atoms with Crippen LogP contribution in [0.1, 0.15) is 17.4 Å². The third kappa shape index (κ3) is 2.57. The van der Waals surface area contributed by atoms with Crippen LogP contribution in [0.15, 0.2) is 43.1 Å². The van der Waals surface area contributed by atoms with Crippen LogP contribution >= 0.6 is 0 Å². The highest BCUT2D eigenvalue weighted by Crippen LogP contribution is 2.14. The van der Waals surface area contributed by atoms with Gasteiger partial charge in [-0.1, -0.05) is 0 Å². The van der Waals surface area contributed by atoms with Crippen LogP contribution in [0.25, 0.3) is 0 Å². The molecule has 0 aliphatic carbocycles. The van der Waals surface area contributed by atoms with Crippen molar-refractivity contribution in [2.75, 3.05) is 0 Å². The van der Waals surface area contributed by atoms with Crippen LogP contribution in [0.4, 0.5) is 0 Å². The van der Waals surface area contributed by atoms with Gasteiger partial charge in [-0.2, -0.15) is 0 Å². The number of aliphatic hydroxyl groups is 1. The summed E-state index contributed by atoms with van der Waals surface area (Å²) in [6.45, 7) is 0. The summed E-state index contributed by atoms with van der Waals surface area (Å²) in [5.74, 6) is 0. The molecule has 1 unspecified atom stereocenters. The van der Waals surface area contributed by atoms with E-state index in [1.807, 2.05) is 12.1 Å². The minimum atomic E-state index is -0.588. The molecule has 4 nitrogen and oxygen atoms in total. The summed E-state index contributed by atoms with van der Waals surface area (Å²) >= 11 is 0. The molecule has 1 atom stereocenters. The predicted octanol–water partition coefficient (Wildman–Crippen LogP) is 1.15. The summed E-state index contributed by atoms with van der Waals surface area (Å²) < 4.78 is 0. The molecular weight excluding hydrogens is 190 g/mol. The Hall–Kier alpha value is -1.81. The van der Waals surface area contributed by atoms with E-state index in [-0.39, 0.29) is 0 Å². The summed E-state index contributed by atoms with van der Waals surface area (Å²) in [6.07, 6.45) is 6.43. The Balaban J connectivity index is 2.08. The molecule has 4 heteroatoms. The normalized spacial score (nSPS) is 12.3. The molecule has 0 bridgehead atoms. The third-order valence-corrected chi connectivity index (χ3v) is 2.12. The zero-order chi connectivity index (χ0) is 10.5. The Morgan fingerprint density at radius 2 is 1.80 bits per heavy atom. The zero-order valence-electron chi connectivity index (χ0n) is 8.11. The standard InChI is InChI=1S/C11H11N3O/c15-11(10-3-6-13-8-14-10)7-9-1-4-12-5-2-9/h1-6,8,11,15H,7H2. The zero-order valence-corrected chi connectivity index (χ0v) is 8.11. The largest absolute Gasteiger partial charge is 0.386 e. The van der Waals surface area contributed by atoms with Crippen molar-refractivity contribution in [3.63, 3.8) is 0 Å². The van der Waals surface area contributed by atoms with Gasteiger partial charge in [0.15, 0.2) is 0 Å². The van der Waals surface area contributed by atoms with E-state index in [1.54, 1.807) is 24.7 Å². The van der Waals surface area contributed by atoms with Gasteiger partial charge in [-0.3, -0.25) is 4.98 Å². The van der Waals surface area contributed by atoms with E-state index in [1.165, 1.54) is 6.33 Å². The lowest BCUT2D eigenvalue weighted by Gasteiger charge is -2.08. The van der Waals surface area contributed by atoms with Crippen LogP contribution in [0, 0.1) is 0 Å². The van der Waals surface area contributed by atoms with Crippen molar-refractivity contribution in [3.8, 4) is 0 Å². The van der Waals surface area contributed by atoms with E-state index in [0.29, 0.717) is 12.1 Å². The van der Waals surface area contributed by atoms with Crippen LogP contribution < -0.4 is 0 Å². The first-order valence-corrected chi connectivity index (χ1v) is 4.69.